The van der Waals surface area contributed by atoms with Gasteiger partial charge < -0.3 is 0 Å². The molecule has 0 fully saturated rings. The molecule has 0 nitrogen and oxygen atoms in total. The van der Waals surface area contributed by atoms with Gasteiger partial charge in [0, 0.05) is 0 Å². The standard InChI is InChI=1S/CBr12Ge4/c2-14(3,4)1(15(5,6)7,16(8,9)10)17(11,12)13. The Morgan fingerprint density at radius 3 is 0.471 bits per heavy atom. The summed E-state index contributed by atoms with van der Waals surface area (Å²) >= 11 is 46.8. The van der Waals surface area contributed by atoms with Crippen molar-refractivity contribution in [2.75, 3.05) is 0 Å². The normalized spacial score (nSPS) is 16.2. The van der Waals surface area contributed by atoms with Crippen molar-refractivity contribution in [3.05, 3.63) is 0 Å². The number of halogens is 12. The first-order chi connectivity index (χ1) is 7.00. The zero-order valence-electron chi connectivity index (χ0n) is 7.04. The topological polar surface area (TPSA) is 0 Å². The Labute approximate surface area is 193 Å². The minimum atomic E-state index is -2.64. The van der Waals surface area contributed by atoms with Crippen LogP contribution in [-0.2, 0) is 0 Å². The molecular formula is CBr12Ge4. The van der Waals surface area contributed by atoms with Gasteiger partial charge >= 0.3 is 200 Å². The maximum atomic E-state index is 3.90. The van der Waals surface area contributed by atoms with Gasteiger partial charge in [-0.2, -0.15) is 0 Å². The van der Waals surface area contributed by atoms with Gasteiger partial charge in [-0.15, -0.1) is 0 Å². The Balaban J connectivity index is 6.37. The molecule has 17 heavy (non-hydrogen) atoms. The molecule has 104 valence electrons. The van der Waals surface area contributed by atoms with Crippen LogP contribution >= 0.6 is 168 Å². The first kappa shape index (κ1) is 24.9. The van der Waals surface area contributed by atoms with E-state index in [2.05, 4.69) is 168 Å². The third-order valence-corrected chi connectivity index (χ3v) is 239. The van der Waals surface area contributed by atoms with Crippen molar-refractivity contribution in [2.24, 2.45) is 0 Å². The third kappa shape index (κ3) is 5.96. The molecule has 0 aromatic carbocycles. The second-order valence-electron chi connectivity index (χ2n) is 2.74. The Morgan fingerprint density at radius 1 is 0.353 bits per heavy atom. The summed E-state index contributed by atoms with van der Waals surface area (Å²) in [7, 11) is -10.6. The van der Waals surface area contributed by atoms with E-state index < -0.39 is 31.0 Å². The molecule has 0 spiro atoms. The Bertz CT molecular complexity index is 211. The van der Waals surface area contributed by atoms with Gasteiger partial charge in [-0.1, -0.05) is 0 Å². The molecule has 0 saturated heterocycles. The molecule has 0 atom stereocenters. The molecular weight excluding hydrogens is 1260 g/mol. The van der Waals surface area contributed by atoms with Crippen LogP contribution < -0.4 is 0 Å². The van der Waals surface area contributed by atoms with E-state index in [0.29, 0.717) is 0 Å². The van der Waals surface area contributed by atoms with Crippen molar-refractivity contribution in [1.82, 2.24) is 0 Å². The Kier molecular flexibility index (Phi) is 12.8. The maximum absolute atomic E-state index is 3.90. The summed E-state index contributed by atoms with van der Waals surface area (Å²) in [5.74, 6) is 0. The zero-order chi connectivity index (χ0) is 14.5. The summed E-state index contributed by atoms with van der Waals surface area (Å²) in [6.45, 7) is 0. The van der Waals surface area contributed by atoms with Crippen molar-refractivity contribution < 1.29 is 0 Å². The zero-order valence-corrected chi connectivity index (χ0v) is 34.5. The molecule has 0 aliphatic rings. The molecule has 0 aromatic heterocycles. The third-order valence-electron chi connectivity index (χ3n) is 1.70. The van der Waals surface area contributed by atoms with Gasteiger partial charge in [-0.05, 0) is 0 Å². The fourth-order valence-electron chi connectivity index (χ4n) is 0.964. The van der Waals surface area contributed by atoms with Crippen molar-refractivity contribution in [3.8, 4) is 0 Å². The van der Waals surface area contributed by atoms with E-state index in [1.54, 1.807) is 0 Å². The summed E-state index contributed by atoms with van der Waals surface area (Å²) in [5.41, 5.74) is 0. The summed E-state index contributed by atoms with van der Waals surface area (Å²) < 4.78 is 0.000000000000000222. The van der Waals surface area contributed by atoms with E-state index in [9.17, 15) is 0 Å². The molecule has 0 N–H and O–H groups in total. The van der Waals surface area contributed by atoms with Crippen LogP contribution in [0.15, 0.2) is 0 Å². The number of hydrogen-bond donors (Lipinski definition) is 0. The van der Waals surface area contributed by atoms with Crippen molar-refractivity contribution in [2.45, 2.75) is 0.745 Å². The van der Waals surface area contributed by atoms with E-state index >= 15 is 0 Å². The fourth-order valence-corrected chi connectivity index (χ4v) is 703. The molecule has 0 radical (unpaired) electrons. The number of hydrogen-bond acceptors (Lipinski definition) is 0. The molecule has 0 saturated carbocycles. The predicted molar refractivity (Wildman–Crippen MR) is 133 cm³/mol. The summed E-state index contributed by atoms with van der Waals surface area (Å²) in [6.07, 6.45) is 0. The molecule has 0 aliphatic heterocycles. The van der Waals surface area contributed by atoms with Crippen LogP contribution in [0.2, 0.25) is 0.745 Å². The average Bonchev–Trinajstić information content (AvgIpc) is 1.67. The quantitative estimate of drug-likeness (QED) is 0.247. The predicted octanol–water partition coefficient (Wildman–Crippen LogP) is 8.84. The minimum absolute atomic E-state index is 0.000000000000000222. The van der Waals surface area contributed by atoms with Crippen LogP contribution in [0.3, 0.4) is 0 Å². The van der Waals surface area contributed by atoms with Gasteiger partial charge in [-0.3, -0.25) is 0 Å². The van der Waals surface area contributed by atoms with Crippen molar-refractivity contribution >= 4 is 199 Å². The molecule has 0 aliphatic carbocycles. The molecule has 0 heterocycles. The van der Waals surface area contributed by atoms with Gasteiger partial charge in [0.25, 0.3) is 0 Å². The van der Waals surface area contributed by atoms with Gasteiger partial charge in [-0.25, -0.2) is 0 Å². The van der Waals surface area contributed by atoms with Gasteiger partial charge in [0.05, 0.1) is 0 Å². The van der Waals surface area contributed by atoms with Gasteiger partial charge in [0.15, 0.2) is 0 Å². The first-order valence-corrected chi connectivity index (χ1v) is 66.4. The first-order valence-electron chi connectivity index (χ1n) is 3.27. The van der Waals surface area contributed by atoms with Crippen LogP contribution in [0.1, 0.15) is 0 Å². The fraction of sp³-hybridized carbons (Fsp3) is 1.00. The van der Waals surface area contributed by atoms with Crippen molar-refractivity contribution in [3.63, 3.8) is 0 Å². The average molecular weight is 1260 g/mol. The van der Waals surface area contributed by atoms with E-state index in [1.807, 2.05) is 0 Å². The Hall–Kier alpha value is 7.93. The van der Waals surface area contributed by atoms with E-state index in [1.165, 1.54) is 0 Å². The van der Waals surface area contributed by atoms with E-state index in [0.717, 1.165) is 0 Å². The molecule has 0 rings (SSSR count). The number of rotatable bonds is 4. The molecule has 0 amide bonds. The van der Waals surface area contributed by atoms with Gasteiger partial charge in [0.1, 0.15) is 0 Å². The summed E-state index contributed by atoms with van der Waals surface area (Å²) in [6, 6.07) is 0. The summed E-state index contributed by atoms with van der Waals surface area (Å²) in [4.78, 5) is 0. The second kappa shape index (κ2) is 8.75. The SMILES string of the molecule is [Br][Ge]([Br])([Br])[C]([Ge]([Br])([Br])[Br])([Ge]([Br])([Br])[Br])[Ge]([Br])([Br])[Br]. The second-order valence-corrected chi connectivity index (χ2v) is 171. The van der Waals surface area contributed by atoms with Crippen LogP contribution in [0.5, 0.6) is 0 Å². The Morgan fingerprint density at radius 2 is 0.471 bits per heavy atom. The molecule has 16 heteroatoms. The monoisotopic (exact) mass is 1250 g/mol. The molecule has 0 aromatic rings. The van der Waals surface area contributed by atoms with Crippen LogP contribution in [-0.4, -0.2) is 31.0 Å². The van der Waals surface area contributed by atoms with Crippen LogP contribution in [0.25, 0.3) is 0 Å². The summed E-state index contributed by atoms with van der Waals surface area (Å²) in [5, 5.41) is 0. The molecule has 0 unspecified atom stereocenters. The van der Waals surface area contributed by atoms with E-state index in [-0.39, 0.29) is 0.745 Å². The van der Waals surface area contributed by atoms with Crippen molar-refractivity contribution in [1.29, 1.82) is 0 Å². The van der Waals surface area contributed by atoms with Crippen LogP contribution in [0, 0.1) is 0 Å². The van der Waals surface area contributed by atoms with Crippen LogP contribution in [0.4, 0.5) is 0 Å². The molecule has 0 bridgehead atoms. The van der Waals surface area contributed by atoms with E-state index in [4.69, 9.17) is 0 Å². The van der Waals surface area contributed by atoms with Gasteiger partial charge in [0.2, 0.25) is 0 Å².